The molecule has 2 aromatic carbocycles. The fraction of sp³-hybridized carbons (Fsp3) is 0.381. The fourth-order valence-electron chi connectivity index (χ4n) is 3.40. The molecule has 1 aliphatic rings. The van der Waals surface area contributed by atoms with E-state index in [0.29, 0.717) is 11.6 Å². The number of methoxy groups -OCH3 is 1. The second kappa shape index (κ2) is 8.17. The van der Waals surface area contributed by atoms with Gasteiger partial charge in [0.2, 0.25) is 0 Å². The molecule has 1 amide bonds. The lowest BCUT2D eigenvalue weighted by atomic mass is 10.1. The van der Waals surface area contributed by atoms with Gasteiger partial charge in [-0.2, -0.15) is 0 Å². The highest BCUT2D eigenvalue weighted by molar-refractivity contribution is 6.04. The van der Waals surface area contributed by atoms with Crippen LogP contribution in [0.2, 0.25) is 0 Å². The van der Waals surface area contributed by atoms with Gasteiger partial charge in [0.1, 0.15) is 5.75 Å². The third-order valence-corrected chi connectivity index (χ3v) is 4.94. The molecule has 0 unspecified atom stereocenters. The van der Waals surface area contributed by atoms with Crippen LogP contribution in [-0.4, -0.2) is 31.0 Å². The summed E-state index contributed by atoms with van der Waals surface area (Å²) in [6.45, 7) is 0.936. The number of benzene rings is 2. The van der Waals surface area contributed by atoms with E-state index in [9.17, 15) is 4.79 Å². The van der Waals surface area contributed by atoms with Gasteiger partial charge >= 0.3 is 0 Å². The van der Waals surface area contributed by atoms with Crippen molar-refractivity contribution in [2.45, 2.75) is 38.3 Å². The number of amides is 1. The lowest BCUT2D eigenvalue weighted by molar-refractivity contribution is 0.102. The lowest BCUT2D eigenvalue weighted by Gasteiger charge is -2.24. The Morgan fingerprint density at radius 2 is 1.72 bits per heavy atom. The Kier molecular flexibility index (Phi) is 5.71. The minimum atomic E-state index is -0.0964. The predicted octanol–water partition coefficient (Wildman–Crippen LogP) is 4.32. The molecule has 0 heterocycles. The molecule has 0 spiro atoms. The van der Waals surface area contributed by atoms with E-state index in [1.165, 1.54) is 31.2 Å². The van der Waals surface area contributed by atoms with E-state index in [1.54, 1.807) is 7.11 Å². The molecule has 0 atom stereocenters. The lowest BCUT2D eigenvalue weighted by Crippen LogP contribution is -2.28. The van der Waals surface area contributed by atoms with Crippen molar-refractivity contribution < 1.29 is 9.53 Å². The third kappa shape index (κ3) is 4.60. The zero-order valence-electron chi connectivity index (χ0n) is 15.0. The van der Waals surface area contributed by atoms with E-state index in [-0.39, 0.29) is 5.91 Å². The highest BCUT2D eigenvalue weighted by Crippen LogP contribution is 2.23. The summed E-state index contributed by atoms with van der Waals surface area (Å²) in [6.07, 6.45) is 5.30. The maximum absolute atomic E-state index is 12.4. The Hall–Kier alpha value is -2.33. The number of hydrogen-bond acceptors (Lipinski definition) is 3. The van der Waals surface area contributed by atoms with Crippen LogP contribution in [0.25, 0.3) is 0 Å². The van der Waals surface area contributed by atoms with E-state index in [1.807, 2.05) is 48.5 Å². The Labute approximate surface area is 149 Å². The predicted molar refractivity (Wildman–Crippen MR) is 101 cm³/mol. The first-order valence-corrected chi connectivity index (χ1v) is 8.90. The van der Waals surface area contributed by atoms with Crippen LogP contribution in [0.15, 0.2) is 48.5 Å². The van der Waals surface area contributed by atoms with E-state index in [4.69, 9.17) is 4.74 Å². The van der Waals surface area contributed by atoms with E-state index < -0.39 is 0 Å². The van der Waals surface area contributed by atoms with Crippen molar-refractivity contribution in [1.82, 2.24) is 4.90 Å². The molecule has 1 saturated carbocycles. The third-order valence-electron chi connectivity index (χ3n) is 4.94. The van der Waals surface area contributed by atoms with Gasteiger partial charge < -0.3 is 10.1 Å². The second-order valence-corrected chi connectivity index (χ2v) is 6.73. The van der Waals surface area contributed by atoms with Crippen LogP contribution in [0.4, 0.5) is 5.69 Å². The summed E-state index contributed by atoms with van der Waals surface area (Å²) in [5, 5.41) is 2.91. The smallest absolute Gasteiger partial charge is 0.255 e. The molecule has 0 aliphatic heterocycles. The Morgan fingerprint density at radius 1 is 1.08 bits per heavy atom. The zero-order valence-corrected chi connectivity index (χ0v) is 15.0. The normalized spacial score (nSPS) is 14.7. The van der Waals surface area contributed by atoms with Gasteiger partial charge in [0.15, 0.2) is 0 Å². The molecule has 25 heavy (non-hydrogen) atoms. The van der Waals surface area contributed by atoms with E-state index in [0.717, 1.165) is 18.0 Å². The van der Waals surface area contributed by atoms with Crippen molar-refractivity contribution >= 4 is 11.6 Å². The number of nitrogens with zero attached hydrogens (tertiary/aromatic N) is 1. The van der Waals surface area contributed by atoms with Crippen molar-refractivity contribution in [2.75, 3.05) is 19.5 Å². The standard InChI is InChI=1S/C21H26N2O2/c1-23(19-5-3-4-6-19)15-16-7-9-17(10-8-16)21(24)22-18-11-13-20(25-2)14-12-18/h7-14,19H,3-6,15H2,1-2H3,(H,22,24). The zero-order chi connectivity index (χ0) is 17.6. The summed E-state index contributed by atoms with van der Waals surface area (Å²) >= 11 is 0. The fourth-order valence-corrected chi connectivity index (χ4v) is 3.40. The first-order chi connectivity index (χ1) is 12.2. The average molecular weight is 338 g/mol. The van der Waals surface area contributed by atoms with Gasteiger partial charge in [-0.25, -0.2) is 0 Å². The van der Waals surface area contributed by atoms with Crippen LogP contribution in [0, 0.1) is 0 Å². The molecular weight excluding hydrogens is 312 g/mol. The maximum Gasteiger partial charge on any atom is 0.255 e. The highest BCUT2D eigenvalue weighted by Gasteiger charge is 2.19. The molecule has 1 fully saturated rings. The number of ether oxygens (including phenoxy) is 1. The maximum atomic E-state index is 12.4. The van der Waals surface area contributed by atoms with Crippen molar-refractivity contribution in [3.05, 3.63) is 59.7 Å². The second-order valence-electron chi connectivity index (χ2n) is 6.73. The first-order valence-electron chi connectivity index (χ1n) is 8.90. The molecule has 0 radical (unpaired) electrons. The van der Waals surface area contributed by atoms with E-state index in [2.05, 4.69) is 17.3 Å². The molecule has 132 valence electrons. The summed E-state index contributed by atoms with van der Waals surface area (Å²) in [5.74, 6) is 0.676. The van der Waals surface area contributed by atoms with Gasteiger partial charge in [-0.05, 0) is 61.9 Å². The quantitative estimate of drug-likeness (QED) is 0.853. The molecule has 2 aromatic rings. The van der Waals surface area contributed by atoms with Gasteiger partial charge in [-0.3, -0.25) is 9.69 Å². The number of anilines is 1. The van der Waals surface area contributed by atoms with Gasteiger partial charge in [0.25, 0.3) is 5.91 Å². The molecule has 0 saturated heterocycles. The van der Waals surface area contributed by atoms with Crippen LogP contribution >= 0.6 is 0 Å². The van der Waals surface area contributed by atoms with E-state index >= 15 is 0 Å². The SMILES string of the molecule is COc1ccc(NC(=O)c2ccc(CN(C)C3CCCC3)cc2)cc1. The highest BCUT2D eigenvalue weighted by atomic mass is 16.5. The van der Waals surface area contributed by atoms with Crippen molar-refractivity contribution in [2.24, 2.45) is 0 Å². The van der Waals surface area contributed by atoms with Crippen LogP contribution in [-0.2, 0) is 6.54 Å². The summed E-state index contributed by atoms with van der Waals surface area (Å²) in [5.41, 5.74) is 2.68. The minimum absolute atomic E-state index is 0.0964. The molecule has 0 aromatic heterocycles. The molecule has 1 aliphatic carbocycles. The number of hydrogen-bond donors (Lipinski definition) is 1. The molecule has 1 N–H and O–H groups in total. The molecular formula is C21H26N2O2. The van der Waals surface area contributed by atoms with Gasteiger partial charge in [0.05, 0.1) is 7.11 Å². The van der Waals surface area contributed by atoms with Crippen LogP contribution in [0.5, 0.6) is 5.75 Å². The molecule has 4 heteroatoms. The minimum Gasteiger partial charge on any atom is -0.497 e. The van der Waals surface area contributed by atoms with Crippen molar-refractivity contribution in [3.8, 4) is 5.75 Å². The van der Waals surface area contributed by atoms with Crippen molar-refractivity contribution in [1.29, 1.82) is 0 Å². The summed E-state index contributed by atoms with van der Waals surface area (Å²) in [6, 6.07) is 15.9. The van der Waals surface area contributed by atoms with Gasteiger partial charge in [-0.15, -0.1) is 0 Å². The summed E-state index contributed by atoms with van der Waals surface area (Å²) in [7, 11) is 3.82. The Balaban J connectivity index is 1.57. The average Bonchev–Trinajstić information content (AvgIpc) is 3.18. The summed E-state index contributed by atoms with van der Waals surface area (Å²) in [4.78, 5) is 14.8. The number of nitrogens with one attached hydrogen (secondary N) is 1. The number of carbonyl (C=O) groups excluding carboxylic acids is 1. The topological polar surface area (TPSA) is 41.6 Å². The molecule has 0 bridgehead atoms. The first kappa shape index (κ1) is 17.5. The van der Waals surface area contributed by atoms with Crippen molar-refractivity contribution in [3.63, 3.8) is 0 Å². The molecule has 3 rings (SSSR count). The summed E-state index contributed by atoms with van der Waals surface area (Å²) < 4.78 is 5.12. The van der Waals surface area contributed by atoms with Crippen LogP contribution in [0.1, 0.15) is 41.6 Å². The van der Waals surface area contributed by atoms with Crippen LogP contribution in [0.3, 0.4) is 0 Å². The largest absolute Gasteiger partial charge is 0.497 e. The van der Waals surface area contributed by atoms with Gasteiger partial charge in [0, 0.05) is 23.8 Å². The molecule has 4 nitrogen and oxygen atoms in total. The Morgan fingerprint density at radius 3 is 2.32 bits per heavy atom. The Bertz CT molecular complexity index is 689. The number of rotatable bonds is 6. The number of carbonyl (C=O) groups is 1. The van der Waals surface area contributed by atoms with Gasteiger partial charge in [-0.1, -0.05) is 25.0 Å². The van der Waals surface area contributed by atoms with Crippen LogP contribution < -0.4 is 10.1 Å². The monoisotopic (exact) mass is 338 g/mol.